The van der Waals surface area contributed by atoms with Crippen LogP contribution in [0.25, 0.3) is 0 Å². The Balaban J connectivity index is 1.48. The lowest BCUT2D eigenvalue weighted by Crippen LogP contribution is -2.27. The van der Waals surface area contributed by atoms with E-state index in [4.69, 9.17) is 4.52 Å². The number of hydrogen-bond donors (Lipinski definition) is 1. The molecule has 1 aliphatic heterocycles. The molecule has 0 aromatic carbocycles. The molecule has 4 nitrogen and oxygen atoms in total. The van der Waals surface area contributed by atoms with Crippen LogP contribution in [0.5, 0.6) is 0 Å². The van der Waals surface area contributed by atoms with Crippen molar-refractivity contribution in [2.45, 2.75) is 56.9 Å². The van der Waals surface area contributed by atoms with E-state index in [1.165, 1.54) is 38.5 Å². The molecule has 1 N–H and O–H groups in total. The lowest BCUT2D eigenvalue weighted by Gasteiger charge is -2.19. The van der Waals surface area contributed by atoms with Gasteiger partial charge in [-0.05, 0) is 44.1 Å². The summed E-state index contributed by atoms with van der Waals surface area (Å²) in [5, 5.41) is 7.70. The molecule has 2 aliphatic carbocycles. The highest BCUT2D eigenvalue weighted by atomic mass is 16.5. The maximum Gasteiger partial charge on any atom is 0.230 e. The number of fused-ring (bicyclic) bond motifs is 1. The summed E-state index contributed by atoms with van der Waals surface area (Å²) in [6, 6.07) is 0.331. The second-order valence-corrected chi connectivity index (χ2v) is 6.13. The van der Waals surface area contributed by atoms with Crippen LogP contribution in [-0.4, -0.2) is 16.7 Å². The summed E-state index contributed by atoms with van der Waals surface area (Å²) in [6.45, 7) is 1.09. The molecule has 0 radical (unpaired) electrons. The first-order valence-corrected chi connectivity index (χ1v) is 7.50. The van der Waals surface area contributed by atoms with Gasteiger partial charge >= 0.3 is 0 Å². The first kappa shape index (κ1) is 11.0. The van der Waals surface area contributed by atoms with Gasteiger partial charge in [-0.3, -0.25) is 0 Å². The molecule has 3 unspecified atom stereocenters. The molecule has 4 rings (SSSR count). The van der Waals surface area contributed by atoms with Crippen LogP contribution in [0.2, 0.25) is 0 Å². The number of piperidine rings is 1. The Kier molecular flexibility index (Phi) is 2.64. The van der Waals surface area contributed by atoms with Gasteiger partial charge in [-0.2, -0.15) is 4.98 Å². The smallest absolute Gasteiger partial charge is 0.230 e. The van der Waals surface area contributed by atoms with Crippen molar-refractivity contribution in [1.82, 2.24) is 15.5 Å². The van der Waals surface area contributed by atoms with Gasteiger partial charge in [-0.1, -0.05) is 24.4 Å². The van der Waals surface area contributed by atoms with Crippen molar-refractivity contribution in [1.29, 1.82) is 0 Å². The number of hydrogen-bond acceptors (Lipinski definition) is 4. The summed E-state index contributed by atoms with van der Waals surface area (Å²) in [5.41, 5.74) is 0. The number of rotatable bonds is 2. The zero-order valence-corrected chi connectivity index (χ0v) is 10.8. The molecular formula is C14H21N3O. The molecule has 3 aliphatic rings. The maximum atomic E-state index is 5.53. The fourth-order valence-electron chi connectivity index (χ4n) is 3.96. The van der Waals surface area contributed by atoms with Crippen LogP contribution in [0.3, 0.4) is 0 Å². The van der Waals surface area contributed by atoms with Crippen molar-refractivity contribution < 1.29 is 4.52 Å². The van der Waals surface area contributed by atoms with Crippen LogP contribution in [0.4, 0.5) is 0 Å². The first-order valence-electron chi connectivity index (χ1n) is 7.50. The fourth-order valence-corrected chi connectivity index (χ4v) is 3.96. The van der Waals surface area contributed by atoms with Gasteiger partial charge in [0.2, 0.25) is 5.89 Å². The minimum Gasteiger partial charge on any atom is -0.339 e. The van der Waals surface area contributed by atoms with Crippen molar-refractivity contribution in [2.75, 3.05) is 6.54 Å². The Morgan fingerprint density at radius 1 is 1.00 bits per heavy atom. The predicted octanol–water partition coefficient (Wildman–Crippen LogP) is 2.79. The van der Waals surface area contributed by atoms with Crippen LogP contribution < -0.4 is 5.32 Å². The van der Waals surface area contributed by atoms with E-state index in [1.54, 1.807) is 0 Å². The normalized spacial score (nSPS) is 39.3. The number of aromatic nitrogens is 2. The third-order valence-electron chi connectivity index (χ3n) is 5.02. The second kappa shape index (κ2) is 4.34. The molecule has 1 aromatic rings. The third kappa shape index (κ3) is 1.78. The van der Waals surface area contributed by atoms with Gasteiger partial charge < -0.3 is 9.84 Å². The van der Waals surface area contributed by atoms with Crippen LogP contribution in [0.15, 0.2) is 4.52 Å². The van der Waals surface area contributed by atoms with Crippen molar-refractivity contribution in [3.63, 3.8) is 0 Å². The summed E-state index contributed by atoms with van der Waals surface area (Å²) in [6.07, 6.45) is 9.22. The van der Waals surface area contributed by atoms with E-state index >= 15 is 0 Å². The molecule has 3 fully saturated rings. The average molecular weight is 247 g/mol. The summed E-state index contributed by atoms with van der Waals surface area (Å²) in [7, 11) is 0. The van der Waals surface area contributed by atoms with E-state index < -0.39 is 0 Å². The zero-order valence-electron chi connectivity index (χ0n) is 10.8. The van der Waals surface area contributed by atoms with Gasteiger partial charge in [-0.15, -0.1) is 0 Å². The van der Waals surface area contributed by atoms with Crippen molar-refractivity contribution in [3.05, 3.63) is 11.7 Å². The monoisotopic (exact) mass is 247 g/mol. The van der Waals surface area contributed by atoms with E-state index in [0.717, 1.165) is 36.5 Å². The molecule has 2 saturated carbocycles. The van der Waals surface area contributed by atoms with E-state index in [0.29, 0.717) is 12.0 Å². The number of nitrogens with one attached hydrogen (secondary N) is 1. The molecule has 0 bridgehead atoms. The summed E-state index contributed by atoms with van der Waals surface area (Å²) in [5.74, 6) is 4.12. The Bertz CT molecular complexity index is 412. The molecule has 3 atom stereocenters. The van der Waals surface area contributed by atoms with E-state index in [2.05, 4.69) is 15.5 Å². The lowest BCUT2D eigenvalue weighted by molar-refractivity contribution is 0.346. The quantitative estimate of drug-likeness (QED) is 0.873. The predicted molar refractivity (Wildman–Crippen MR) is 67.1 cm³/mol. The average Bonchev–Trinajstić information content (AvgIpc) is 2.97. The Morgan fingerprint density at radius 2 is 1.78 bits per heavy atom. The third-order valence-corrected chi connectivity index (χ3v) is 5.02. The molecule has 1 saturated heterocycles. The minimum atomic E-state index is 0.331. The maximum absolute atomic E-state index is 5.53. The molecule has 98 valence electrons. The summed E-state index contributed by atoms with van der Waals surface area (Å²) in [4.78, 5) is 4.68. The van der Waals surface area contributed by atoms with Gasteiger partial charge in [0.15, 0.2) is 5.82 Å². The molecule has 18 heavy (non-hydrogen) atoms. The Morgan fingerprint density at radius 3 is 2.50 bits per heavy atom. The number of nitrogens with zero attached hydrogens (tertiary/aromatic N) is 2. The highest BCUT2D eigenvalue weighted by Crippen LogP contribution is 2.60. The van der Waals surface area contributed by atoms with Gasteiger partial charge in [-0.25, -0.2) is 0 Å². The topological polar surface area (TPSA) is 51.0 Å². The minimum absolute atomic E-state index is 0.331. The highest BCUT2D eigenvalue weighted by molar-refractivity contribution is 5.15. The van der Waals surface area contributed by atoms with Crippen molar-refractivity contribution >= 4 is 0 Å². The molecule has 0 spiro atoms. The van der Waals surface area contributed by atoms with Crippen LogP contribution >= 0.6 is 0 Å². The Labute approximate surface area is 108 Å². The van der Waals surface area contributed by atoms with Crippen LogP contribution in [0.1, 0.15) is 68.6 Å². The SMILES string of the molecule is C1CCC(c2noc(C3C4CCCCC43)n2)NC1. The van der Waals surface area contributed by atoms with E-state index in [1.807, 2.05) is 0 Å². The molecule has 1 aromatic heterocycles. The van der Waals surface area contributed by atoms with Crippen molar-refractivity contribution in [3.8, 4) is 0 Å². The van der Waals surface area contributed by atoms with Gasteiger partial charge in [0.25, 0.3) is 0 Å². The molecular weight excluding hydrogens is 226 g/mol. The summed E-state index contributed by atoms with van der Waals surface area (Å²) < 4.78 is 5.53. The Hall–Kier alpha value is -0.900. The highest BCUT2D eigenvalue weighted by Gasteiger charge is 2.54. The van der Waals surface area contributed by atoms with Crippen molar-refractivity contribution in [2.24, 2.45) is 11.8 Å². The molecule has 2 heterocycles. The van der Waals surface area contributed by atoms with Gasteiger partial charge in [0.1, 0.15) is 0 Å². The van der Waals surface area contributed by atoms with Gasteiger partial charge in [0, 0.05) is 5.92 Å². The van der Waals surface area contributed by atoms with Crippen LogP contribution in [0, 0.1) is 11.8 Å². The lowest BCUT2D eigenvalue weighted by atomic mass is 10.0. The molecule has 0 amide bonds. The molecule has 4 heteroatoms. The van der Waals surface area contributed by atoms with E-state index in [-0.39, 0.29) is 0 Å². The fraction of sp³-hybridized carbons (Fsp3) is 0.857. The largest absolute Gasteiger partial charge is 0.339 e. The van der Waals surface area contributed by atoms with E-state index in [9.17, 15) is 0 Å². The second-order valence-electron chi connectivity index (χ2n) is 6.13. The van der Waals surface area contributed by atoms with Crippen LogP contribution in [-0.2, 0) is 0 Å². The van der Waals surface area contributed by atoms with Gasteiger partial charge in [0.05, 0.1) is 6.04 Å². The standard InChI is InChI=1S/C14H21N3O/c1-2-6-10-9(5-1)12(10)14-16-13(17-18-14)11-7-3-4-8-15-11/h9-12,15H,1-8H2. The zero-order chi connectivity index (χ0) is 11.9. The first-order chi connectivity index (χ1) is 8.93. The summed E-state index contributed by atoms with van der Waals surface area (Å²) >= 11 is 0.